The first-order valence-electron chi connectivity index (χ1n) is 6.02. The summed E-state index contributed by atoms with van der Waals surface area (Å²) < 4.78 is 39.6. The minimum Gasteiger partial charge on any atom is -0.377 e. The molecule has 7 heteroatoms. The Kier molecular flexibility index (Phi) is 4.78. The zero-order chi connectivity index (χ0) is 15.6. The maximum Gasteiger partial charge on any atom is 0.416 e. The fourth-order valence-electron chi connectivity index (χ4n) is 1.96. The minimum absolute atomic E-state index is 0.177. The highest BCUT2D eigenvalue weighted by Gasteiger charge is 2.34. The van der Waals surface area contributed by atoms with Crippen LogP contribution in [0.15, 0.2) is 41.0 Å². The van der Waals surface area contributed by atoms with Crippen LogP contribution in [0.5, 0.6) is 0 Å². The van der Waals surface area contributed by atoms with Gasteiger partial charge in [0.05, 0.1) is 21.9 Å². The molecular weight excluding hydrogens is 369 g/mol. The molecule has 1 N–H and O–H groups in total. The van der Waals surface area contributed by atoms with Crippen molar-refractivity contribution in [3.8, 4) is 0 Å². The van der Waals surface area contributed by atoms with E-state index in [4.69, 9.17) is 11.6 Å². The molecule has 0 saturated carbocycles. The lowest BCUT2D eigenvalue weighted by molar-refractivity contribution is -0.138. The zero-order valence-corrected chi connectivity index (χ0v) is 13.2. The van der Waals surface area contributed by atoms with E-state index in [1.54, 1.807) is 19.1 Å². The van der Waals surface area contributed by atoms with Gasteiger partial charge in [0, 0.05) is 6.04 Å². The summed E-state index contributed by atoms with van der Waals surface area (Å²) in [6, 6.07) is 6.63. The zero-order valence-electron chi connectivity index (χ0n) is 10.9. The van der Waals surface area contributed by atoms with Crippen LogP contribution in [0.2, 0.25) is 5.15 Å². The summed E-state index contributed by atoms with van der Waals surface area (Å²) in [5.41, 5.74) is 0.109. The van der Waals surface area contributed by atoms with Crippen LogP contribution >= 0.6 is 27.5 Å². The van der Waals surface area contributed by atoms with Crippen molar-refractivity contribution < 1.29 is 13.2 Å². The van der Waals surface area contributed by atoms with Crippen molar-refractivity contribution in [3.63, 3.8) is 0 Å². The Hall–Kier alpha value is -1.27. The van der Waals surface area contributed by atoms with Gasteiger partial charge in [-0.1, -0.05) is 29.8 Å². The Morgan fingerprint density at radius 1 is 1.29 bits per heavy atom. The number of aromatic nitrogens is 1. The molecule has 0 fully saturated rings. The average Bonchev–Trinajstić information content (AvgIpc) is 2.42. The summed E-state index contributed by atoms with van der Waals surface area (Å²) in [4.78, 5) is 3.93. The number of nitrogens with one attached hydrogen (secondary N) is 1. The predicted molar refractivity (Wildman–Crippen MR) is 80.4 cm³/mol. The third-order valence-electron chi connectivity index (χ3n) is 2.91. The number of hydrogen-bond donors (Lipinski definition) is 1. The van der Waals surface area contributed by atoms with Crippen LogP contribution in [0.1, 0.15) is 24.1 Å². The van der Waals surface area contributed by atoms with Crippen LogP contribution in [-0.2, 0) is 6.18 Å². The minimum atomic E-state index is -4.38. The van der Waals surface area contributed by atoms with Gasteiger partial charge in [-0.2, -0.15) is 13.2 Å². The van der Waals surface area contributed by atoms with Crippen molar-refractivity contribution in [1.29, 1.82) is 0 Å². The smallest absolute Gasteiger partial charge is 0.377 e. The van der Waals surface area contributed by atoms with E-state index < -0.39 is 17.8 Å². The number of alkyl halides is 3. The Labute approximate surface area is 133 Å². The quantitative estimate of drug-likeness (QED) is 0.693. The van der Waals surface area contributed by atoms with Gasteiger partial charge in [-0.25, -0.2) is 4.98 Å². The Bertz CT molecular complexity index is 646. The molecule has 0 radical (unpaired) electrons. The lowest BCUT2D eigenvalue weighted by Crippen LogP contribution is -2.15. The number of benzene rings is 1. The number of halogens is 5. The van der Waals surface area contributed by atoms with Gasteiger partial charge in [0.15, 0.2) is 0 Å². The van der Waals surface area contributed by atoms with Crippen molar-refractivity contribution in [2.45, 2.75) is 19.1 Å². The molecule has 21 heavy (non-hydrogen) atoms. The summed E-state index contributed by atoms with van der Waals surface area (Å²) >= 11 is 9.01. The van der Waals surface area contributed by atoms with Crippen LogP contribution < -0.4 is 5.32 Å². The summed E-state index contributed by atoms with van der Waals surface area (Å²) in [6.07, 6.45) is -2.91. The highest BCUT2D eigenvalue weighted by atomic mass is 79.9. The highest BCUT2D eigenvalue weighted by Crippen LogP contribution is 2.35. The topological polar surface area (TPSA) is 24.9 Å². The van der Waals surface area contributed by atoms with E-state index in [2.05, 4.69) is 26.2 Å². The summed E-state index contributed by atoms with van der Waals surface area (Å²) in [7, 11) is 0. The molecular formula is C14H11BrClF3N2. The lowest BCUT2D eigenvalue weighted by Gasteiger charge is -2.20. The second kappa shape index (κ2) is 6.23. The van der Waals surface area contributed by atoms with E-state index in [-0.39, 0.29) is 5.56 Å². The third-order valence-corrected chi connectivity index (χ3v) is 4.05. The highest BCUT2D eigenvalue weighted by molar-refractivity contribution is 9.10. The number of anilines is 1. The van der Waals surface area contributed by atoms with Crippen molar-refractivity contribution in [2.75, 3.05) is 5.32 Å². The Morgan fingerprint density at radius 2 is 1.95 bits per heavy atom. The van der Waals surface area contributed by atoms with Gasteiger partial charge in [0.1, 0.15) is 5.15 Å². The average molecular weight is 380 g/mol. The third kappa shape index (κ3) is 3.89. The molecule has 0 aliphatic rings. The first kappa shape index (κ1) is 16.1. The van der Waals surface area contributed by atoms with Crippen LogP contribution in [-0.4, -0.2) is 4.98 Å². The maximum atomic E-state index is 13.0. The SMILES string of the molecule is CC(Nc1cnc(Cl)c(Br)c1)c1ccccc1C(F)(F)F. The second-order valence-electron chi connectivity index (χ2n) is 4.45. The molecule has 0 aliphatic carbocycles. The number of rotatable bonds is 3. The molecule has 1 heterocycles. The molecule has 0 bridgehead atoms. The molecule has 1 aromatic heterocycles. The molecule has 2 rings (SSSR count). The number of pyridine rings is 1. The molecule has 0 aliphatic heterocycles. The summed E-state index contributed by atoms with van der Waals surface area (Å²) in [5, 5.41) is 3.28. The Morgan fingerprint density at radius 3 is 2.57 bits per heavy atom. The summed E-state index contributed by atoms with van der Waals surface area (Å²) in [5.74, 6) is 0. The van der Waals surface area contributed by atoms with E-state index in [1.165, 1.54) is 18.3 Å². The van der Waals surface area contributed by atoms with Crippen molar-refractivity contribution in [3.05, 3.63) is 57.3 Å². The van der Waals surface area contributed by atoms with E-state index in [1.807, 2.05) is 0 Å². The van der Waals surface area contributed by atoms with Gasteiger partial charge in [-0.3, -0.25) is 0 Å². The lowest BCUT2D eigenvalue weighted by atomic mass is 10.0. The van der Waals surface area contributed by atoms with E-state index in [0.29, 0.717) is 15.3 Å². The molecule has 0 saturated heterocycles. The van der Waals surface area contributed by atoms with Gasteiger partial charge in [-0.05, 0) is 40.5 Å². The normalized spacial score (nSPS) is 13.0. The van der Waals surface area contributed by atoms with Crippen LogP contribution in [0.4, 0.5) is 18.9 Å². The van der Waals surface area contributed by atoms with Crippen molar-refractivity contribution in [2.24, 2.45) is 0 Å². The maximum absolute atomic E-state index is 13.0. The van der Waals surface area contributed by atoms with Crippen LogP contribution in [0.25, 0.3) is 0 Å². The summed E-state index contributed by atoms with van der Waals surface area (Å²) in [6.45, 7) is 1.66. The van der Waals surface area contributed by atoms with Crippen molar-refractivity contribution >= 4 is 33.2 Å². The Balaban J connectivity index is 2.28. The number of hydrogen-bond acceptors (Lipinski definition) is 2. The van der Waals surface area contributed by atoms with Gasteiger partial charge >= 0.3 is 6.18 Å². The molecule has 112 valence electrons. The largest absolute Gasteiger partial charge is 0.416 e. The second-order valence-corrected chi connectivity index (χ2v) is 5.66. The number of nitrogens with zero attached hydrogens (tertiary/aromatic N) is 1. The van der Waals surface area contributed by atoms with E-state index in [9.17, 15) is 13.2 Å². The van der Waals surface area contributed by atoms with E-state index >= 15 is 0 Å². The molecule has 1 aromatic carbocycles. The fourth-order valence-corrected chi connectivity index (χ4v) is 2.41. The molecule has 1 atom stereocenters. The standard InChI is InChI=1S/C14H11BrClF3N2/c1-8(21-9-6-12(15)13(16)20-7-9)10-4-2-3-5-11(10)14(17,18)19/h2-8,21H,1H3. The molecule has 0 amide bonds. The molecule has 0 spiro atoms. The van der Waals surface area contributed by atoms with Crippen molar-refractivity contribution in [1.82, 2.24) is 4.98 Å². The first-order chi connectivity index (χ1) is 9.79. The molecule has 2 aromatic rings. The fraction of sp³-hybridized carbons (Fsp3) is 0.214. The molecule has 2 nitrogen and oxygen atoms in total. The monoisotopic (exact) mass is 378 g/mol. The molecule has 1 unspecified atom stereocenters. The first-order valence-corrected chi connectivity index (χ1v) is 7.20. The van der Waals surface area contributed by atoms with Crippen LogP contribution in [0.3, 0.4) is 0 Å². The van der Waals surface area contributed by atoms with Gasteiger partial charge in [0.25, 0.3) is 0 Å². The van der Waals surface area contributed by atoms with Crippen LogP contribution in [0, 0.1) is 0 Å². The van der Waals surface area contributed by atoms with Gasteiger partial charge in [-0.15, -0.1) is 0 Å². The van der Waals surface area contributed by atoms with Gasteiger partial charge < -0.3 is 5.32 Å². The predicted octanol–water partition coefficient (Wildman–Crippen LogP) is 5.69. The van der Waals surface area contributed by atoms with Gasteiger partial charge in [0.2, 0.25) is 0 Å². The van der Waals surface area contributed by atoms with E-state index in [0.717, 1.165) is 6.07 Å².